The number of piperidine rings is 1. The van der Waals surface area contributed by atoms with Crippen LogP contribution >= 0.6 is 0 Å². The van der Waals surface area contributed by atoms with Gasteiger partial charge in [0.05, 0.1) is 7.11 Å². The molecule has 0 amide bonds. The number of methoxy groups -OCH3 is 1. The minimum Gasteiger partial charge on any atom is -0.507 e. The summed E-state index contributed by atoms with van der Waals surface area (Å²) in [5.74, 6) is 1.88. The number of rotatable bonds is 3. The van der Waals surface area contributed by atoms with Gasteiger partial charge in [-0.15, -0.1) is 0 Å². The van der Waals surface area contributed by atoms with Crippen molar-refractivity contribution in [2.75, 3.05) is 20.2 Å². The van der Waals surface area contributed by atoms with E-state index in [0.29, 0.717) is 11.7 Å². The van der Waals surface area contributed by atoms with Gasteiger partial charge in [0.1, 0.15) is 11.5 Å². The van der Waals surface area contributed by atoms with Gasteiger partial charge >= 0.3 is 0 Å². The number of hydrogen-bond acceptors (Lipinski definition) is 3. The first-order valence-electron chi connectivity index (χ1n) is 6.70. The molecule has 0 unspecified atom stereocenters. The fraction of sp³-hybridized carbons (Fsp3) is 0.600. The Bertz CT molecular complexity index is 423. The van der Waals surface area contributed by atoms with Gasteiger partial charge in [-0.05, 0) is 69.3 Å². The molecule has 1 aliphatic heterocycles. The van der Waals surface area contributed by atoms with Gasteiger partial charge in [0.25, 0.3) is 0 Å². The Morgan fingerprint density at radius 2 is 2.00 bits per heavy atom. The second kappa shape index (κ2) is 5.61. The molecule has 3 nitrogen and oxygen atoms in total. The highest BCUT2D eigenvalue weighted by atomic mass is 16.5. The highest BCUT2D eigenvalue weighted by Gasteiger charge is 2.19. The average molecular weight is 249 g/mol. The van der Waals surface area contributed by atoms with Crippen LogP contribution in [-0.4, -0.2) is 25.3 Å². The Balaban J connectivity index is 2.24. The largest absolute Gasteiger partial charge is 0.507 e. The monoisotopic (exact) mass is 249 g/mol. The van der Waals surface area contributed by atoms with E-state index in [9.17, 15) is 5.11 Å². The van der Waals surface area contributed by atoms with Crippen LogP contribution in [0.1, 0.15) is 29.5 Å². The number of benzene rings is 1. The summed E-state index contributed by atoms with van der Waals surface area (Å²) in [4.78, 5) is 0. The van der Waals surface area contributed by atoms with E-state index in [0.717, 1.165) is 42.0 Å². The van der Waals surface area contributed by atoms with E-state index in [1.54, 1.807) is 7.11 Å². The van der Waals surface area contributed by atoms with Crippen molar-refractivity contribution in [1.82, 2.24) is 5.32 Å². The number of ether oxygens (including phenoxy) is 1. The predicted molar refractivity (Wildman–Crippen MR) is 73.4 cm³/mol. The smallest absolute Gasteiger partial charge is 0.125 e. The molecule has 1 aromatic carbocycles. The SMILES string of the molecule is COc1cc(C)c(CC2CCNCC2)c(O)c1C. The van der Waals surface area contributed by atoms with Crippen molar-refractivity contribution in [2.24, 2.45) is 5.92 Å². The van der Waals surface area contributed by atoms with Crippen molar-refractivity contribution in [2.45, 2.75) is 33.1 Å². The Labute approximate surface area is 109 Å². The maximum atomic E-state index is 10.3. The molecule has 0 atom stereocenters. The molecular weight excluding hydrogens is 226 g/mol. The van der Waals surface area contributed by atoms with E-state index in [1.807, 2.05) is 13.0 Å². The van der Waals surface area contributed by atoms with Crippen LogP contribution in [0, 0.1) is 19.8 Å². The van der Waals surface area contributed by atoms with E-state index >= 15 is 0 Å². The molecule has 2 N–H and O–H groups in total. The second-order valence-electron chi connectivity index (χ2n) is 5.25. The van der Waals surface area contributed by atoms with Crippen LogP contribution in [0.15, 0.2) is 6.07 Å². The lowest BCUT2D eigenvalue weighted by atomic mass is 9.88. The molecule has 1 heterocycles. The maximum absolute atomic E-state index is 10.3. The summed E-state index contributed by atoms with van der Waals surface area (Å²) in [5.41, 5.74) is 3.08. The Morgan fingerprint density at radius 1 is 1.33 bits per heavy atom. The number of phenols is 1. The third kappa shape index (κ3) is 2.61. The molecule has 0 aliphatic carbocycles. The van der Waals surface area contributed by atoms with Gasteiger partial charge in [-0.2, -0.15) is 0 Å². The van der Waals surface area contributed by atoms with Crippen molar-refractivity contribution in [3.63, 3.8) is 0 Å². The standard InChI is InChI=1S/C15H23NO2/c1-10-8-14(18-3)11(2)15(17)13(10)9-12-4-6-16-7-5-12/h8,12,16-17H,4-7,9H2,1-3H3. The summed E-state index contributed by atoms with van der Waals surface area (Å²) in [6.45, 7) is 6.16. The van der Waals surface area contributed by atoms with Crippen molar-refractivity contribution in [3.8, 4) is 11.5 Å². The number of aryl methyl sites for hydroxylation is 1. The summed E-state index contributed by atoms with van der Waals surface area (Å²) in [5, 5.41) is 13.7. The lowest BCUT2D eigenvalue weighted by Gasteiger charge is -2.24. The minimum atomic E-state index is 0.422. The number of aromatic hydroxyl groups is 1. The zero-order chi connectivity index (χ0) is 13.1. The topological polar surface area (TPSA) is 41.5 Å². The first kappa shape index (κ1) is 13.2. The van der Waals surface area contributed by atoms with Crippen molar-refractivity contribution < 1.29 is 9.84 Å². The van der Waals surface area contributed by atoms with Crippen LogP contribution in [0.3, 0.4) is 0 Å². The van der Waals surface area contributed by atoms with Gasteiger partial charge in [0.2, 0.25) is 0 Å². The van der Waals surface area contributed by atoms with Gasteiger partial charge in [-0.25, -0.2) is 0 Å². The van der Waals surface area contributed by atoms with Crippen LogP contribution in [0.5, 0.6) is 11.5 Å². The number of phenolic OH excluding ortho intramolecular Hbond substituents is 1. The summed E-state index contributed by atoms with van der Waals surface area (Å²) >= 11 is 0. The van der Waals surface area contributed by atoms with Gasteiger partial charge in [-0.3, -0.25) is 0 Å². The van der Waals surface area contributed by atoms with E-state index < -0.39 is 0 Å². The zero-order valence-corrected chi connectivity index (χ0v) is 11.5. The molecule has 100 valence electrons. The molecule has 0 saturated carbocycles. The van der Waals surface area contributed by atoms with Crippen molar-refractivity contribution >= 4 is 0 Å². The summed E-state index contributed by atoms with van der Waals surface area (Å²) in [6.07, 6.45) is 3.37. The van der Waals surface area contributed by atoms with Gasteiger partial charge in [-0.1, -0.05) is 0 Å². The van der Waals surface area contributed by atoms with Crippen LogP contribution in [0.4, 0.5) is 0 Å². The molecule has 3 heteroatoms. The van der Waals surface area contributed by atoms with Crippen molar-refractivity contribution in [3.05, 3.63) is 22.8 Å². The molecule has 0 radical (unpaired) electrons. The Hall–Kier alpha value is -1.22. The minimum absolute atomic E-state index is 0.422. The molecule has 0 aromatic heterocycles. The normalized spacial score (nSPS) is 16.8. The molecule has 0 spiro atoms. The number of nitrogens with one attached hydrogen (secondary N) is 1. The van der Waals surface area contributed by atoms with Gasteiger partial charge in [0.15, 0.2) is 0 Å². The molecule has 1 saturated heterocycles. The highest BCUT2D eigenvalue weighted by Crippen LogP contribution is 2.35. The third-order valence-electron chi connectivity index (χ3n) is 4.01. The fourth-order valence-corrected chi connectivity index (χ4v) is 2.77. The molecule has 2 rings (SSSR count). The summed E-state index contributed by atoms with van der Waals surface area (Å²) in [7, 11) is 1.65. The van der Waals surface area contributed by atoms with Gasteiger partial charge in [0, 0.05) is 5.56 Å². The number of hydrogen-bond donors (Lipinski definition) is 2. The molecule has 1 aliphatic rings. The zero-order valence-electron chi connectivity index (χ0n) is 11.5. The van der Waals surface area contributed by atoms with E-state index in [4.69, 9.17) is 4.74 Å². The lowest BCUT2D eigenvalue weighted by Crippen LogP contribution is -2.28. The molecular formula is C15H23NO2. The predicted octanol–water partition coefficient (Wildman–Crippen LogP) is 2.56. The van der Waals surface area contributed by atoms with Crippen molar-refractivity contribution in [1.29, 1.82) is 0 Å². The van der Waals surface area contributed by atoms with Crippen LogP contribution < -0.4 is 10.1 Å². The second-order valence-corrected chi connectivity index (χ2v) is 5.25. The molecule has 1 aromatic rings. The van der Waals surface area contributed by atoms with Gasteiger partial charge < -0.3 is 15.2 Å². The quantitative estimate of drug-likeness (QED) is 0.865. The van der Waals surface area contributed by atoms with E-state index in [2.05, 4.69) is 12.2 Å². The summed E-state index contributed by atoms with van der Waals surface area (Å²) in [6, 6.07) is 2.03. The lowest BCUT2D eigenvalue weighted by molar-refractivity contribution is 0.363. The molecule has 1 fully saturated rings. The molecule has 0 bridgehead atoms. The maximum Gasteiger partial charge on any atom is 0.125 e. The average Bonchev–Trinajstić information content (AvgIpc) is 2.40. The first-order valence-corrected chi connectivity index (χ1v) is 6.70. The Morgan fingerprint density at radius 3 is 2.61 bits per heavy atom. The fourth-order valence-electron chi connectivity index (χ4n) is 2.77. The van der Waals surface area contributed by atoms with E-state index in [1.165, 1.54) is 12.8 Å². The third-order valence-corrected chi connectivity index (χ3v) is 4.01. The van der Waals surface area contributed by atoms with E-state index in [-0.39, 0.29) is 0 Å². The highest BCUT2D eigenvalue weighted by molar-refractivity contribution is 5.52. The Kier molecular flexibility index (Phi) is 4.12. The molecule has 18 heavy (non-hydrogen) atoms. The summed E-state index contributed by atoms with van der Waals surface area (Å²) < 4.78 is 5.28. The van der Waals surface area contributed by atoms with Crippen LogP contribution in [0.2, 0.25) is 0 Å². The van der Waals surface area contributed by atoms with Crippen LogP contribution in [-0.2, 0) is 6.42 Å². The first-order chi connectivity index (χ1) is 8.63. The van der Waals surface area contributed by atoms with Crippen LogP contribution in [0.25, 0.3) is 0 Å².